The third-order valence-corrected chi connectivity index (χ3v) is 6.43. The first kappa shape index (κ1) is 19.6. The van der Waals surface area contributed by atoms with E-state index in [0.29, 0.717) is 12.8 Å². The Morgan fingerprint density at radius 3 is 2.11 bits per heavy atom. The maximum Gasteiger partial charge on any atom is 0.253 e. The van der Waals surface area contributed by atoms with Crippen LogP contribution < -0.4 is 5.32 Å². The third kappa shape index (κ3) is 4.06. The summed E-state index contributed by atoms with van der Waals surface area (Å²) in [7, 11) is -3.59. The summed E-state index contributed by atoms with van der Waals surface area (Å²) < 4.78 is 79.9. The second kappa shape index (κ2) is 7.81. The molecule has 1 aliphatic rings. The fraction of sp³-hybridized carbons (Fsp3) is 0.353. The summed E-state index contributed by atoms with van der Waals surface area (Å²) in [6, 6.07) is 8.03. The number of pyridine rings is 1. The van der Waals surface area contributed by atoms with E-state index < -0.39 is 39.2 Å². The lowest BCUT2D eigenvalue weighted by atomic mass is 9.98. The van der Waals surface area contributed by atoms with Gasteiger partial charge in [0.25, 0.3) is 11.9 Å². The summed E-state index contributed by atoms with van der Waals surface area (Å²) in [5, 5.41) is 2.38. The van der Waals surface area contributed by atoms with Gasteiger partial charge in [0.2, 0.25) is 21.7 Å². The zero-order chi connectivity index (χ0) is 19.6. The van der Waals surface area contributed by atoms with Crippen molar-refractivity contribution in [2.45, 2.75) is 17.7 Å². The molecule has 1 aliphatic heterocycles. The van der Waals surface area contributed by atoms with Crippen LogP contribution in [-0.2, 0) is 10.0 Å². The van der Waals surface area contributed by atoms with E-state index in [0.717, 1.165) is 0 Å². The highest BCUT2D eigenvalue weighted by Gasteiger charge is 2.29. The molecule has 0 amide bonds. The number of rotatable bonds is 5. The number of nitrogens with zero attached hydrogens (tertiary/aromatic N) is 2. The highest BCUT2D eigenvalue weighted by molar-refractivity contribution is 7.89. The quantitative estimate of drug-likeness (QED) is 0.616. The molecular weight excluding hydrogens is 386 g/mol. The van der Waals surface area contributed by atoms with Crippen molar-refractivity contribution in [1.82, 2.24) is 9.29 Å². The van der Waals surface area contributed by atoms with E-state index >= 15 is 0 Å². The third-order valence-electron chi connectivity index (χ3n) is 4.52. The van der Waals surface area contributed by atoms with Crippen LogP contribution in [0.5, 0.6) is 0 Å². The first-order chi connectivity index (χ1) is 12.8. The number of hydrogen-bond acceptors (Lipinski definition) is 4. The van der Waals surface area contributed by atoms with Gasteiger partial charge in [0, 0.05) is 19.6 Å². The number of piperidine rings is 1. The van der Waals surface area contributed by atoms with Crippen molar-refractivity contribution in [3.63, 3.8) is 0 Å². The van der Waals surface area contributed by atoms with E-state index in [1.807, 2.05) is 0 Å². The summed E-state index contributed by atoms with van der Waals surface area (Å²) in [4.78, 5) is 2.70. The molecule has 0 aliphatic carbocycles. The highest BCUT2D eigenvalue weighted by atomic mass is 32.2. The Bertz CT molecular complexity index is 891. The van der Waals surface area contributed by atoms with Gasteiger partial charge in [-0.3, -0.25) is 0 Å². The molecule has 0 unspecified atom stereocenters. The van der Waals surface area contributed by atoms with Gasteiger partial charge < -0.3 is 5.32 Å². The van der Waals surface area contributed by atoms with Gasteiger partial charge in [0.15, 0.2) is 0 Å². The van der Waals surface area contributed by atoms with E-state index in [-0.39, 0.29) is 30.4 Å². The van der Waals surface area contributed by atoms with Crippen LogP contribution in [0.25, 0.3) is 0 Å². The van der Waals surface area contributed by atoms with Crippen molar-refractivity contribution >= 4 is 15.7 Å². The summed E-state index contributed by atoms with van der Waals surface area (Å²) >= 11 is 0. The second-order valence-corrected chi connectivity index (χ2v) is 8.18. The molecule has 1 aromatic carbocycles. The molecular formula is C17H17F4N3O2S. The zero-order valence-electron chi connectivity index (χ0n) is 14.1. The molecule has 2 aromatic rings. The van der Waals surface area contributed by atoms with Gasteiger partial charge in [-0.05, 0) is 30.9 Å². The van der Waals surface area contributed by atoms with Gasteiger partial charge >= 0.3 is 0 Å². The number of benzene rings is 1. The molecule has 5 nitrogen and oxygen atoms in total. The molecule has 0 spiro atoms. The topological polar surface area (TPSA) is 62.3 Å². The lowest BCUT2D eigenvalue weighted by Crippen LogP contribution is -2.39. The summed E-state index contributed by atoms with van der Waals surface area (Å²) in [5.74, 6) is -6.72. The van der Waals surface area contributed by atoms with Crippen LogP contribution in [0.3, 0.4) is 0 Å². The van der Waals surface area contributed by atoms with Crippen molar-refractivity contribution in [2.24, 2.45) is 5.92 Å². The van der Waals surface area contributed by atoms with E-state index in [4.69, 9.17) is 0 Å². The minimum absolute atomic E-state index is 0.0515. The maximum atomic E-state index is 13.6. The lowest BCUT2D eigenvalue weighted by molar-refractivity contribution is 0.281. The van der Waals surface area contributed by atoms with Crippen LogP contribution >= 0.6 is 0 Å². The Hall–Kier alpha value is -2.20. The van der Waals surface area contributed by atoms with Gasteiger partial charge in [0.1, 0.15) is 5.69 Å². The zero-order valence-corrected chi connectivity index (χ0v) is 14.9. The normalized spacial score (nSPS) is 16.4. The Morgan fingerprint density at radius 1 is 1.00 bits per heavy atom. The number of halogens is 4. The van der Waals surface area contributed by atoms with E-state index in [9.17, 15) is 26.0 Å². The summed E-state index contributed by atoms with van der Waals surface area (Å²) in [6.45, 7) is 0.539. The summed E-state index contributed by atoms with van der Waals surface area (Å²) in [6.07, 6.45) is 0.886. The molecule has 0 atom stereocenters. The predicted octanol–water partition coefficient (Wildman–Crippen LogP) is 3.15. The number of hydrogen-bond donors (Lipinski definition) is 1. The minimum atomic E-state index is -3.59. The van der Waals surface area contributed by atoms with Crippen LogP contribution in [0.15, 0.2) is 35.2 Å². The van der Waals surface area contributed by atoms with Crippen molar-refractivity contribution in [3.8, 4) is 0 Å². The van der Waals surface area contributed by atoms with Crippen molar-refractivity contribution in [3.05, 3.63) is 53.9 Å². The molecule has 1 N–H and O–H groups in total. The standard InChI is InChI=1S/C17H17F4N3O2S/c18-13-15(14(19)17(21)23-16(13)20)22-10-11-6-8-24(9-7-11)27(25,26)12-4-2-1-3-5-12/h1-5,11H,6-10H2,(H,22,23). The van der Waals surface area contributed by atoms with E-state index in [1.165, 1.54) is 16.4 Å². The van der Waals surface area contributed by atoms with Crippen LogP contribution in [0, 0.1) is 29.4 Å². The Balaban J connectivity index is 1.61. The largest absolute Gasteiger partial charge is 0.380 e. The number of aromatic nitrogens is 1. The molecule has 3 rings (SSSR count). The maximum absolute atomic E-state index is 13.6. The van der Waals surface area contributed by atoms with Gasteiger partial charge in [-0.2, -0.15) is 26.9 Å². The second-order valence-electron chi connectivity index (χ2n) is 6.24. The monoisotopic (exact) mass is 403 g/mol. The highest BCUT2D eigenvalue weighted by Crippen LogP contribution is 2.26. The molecule has 2 heterocycles. The van der Waals surface area contributed by atoms with Crippen molar-refractivity contribution in [2.75, 3.05) is 25.0 Å². The number of anilines is 1. The lowest BCUT2D eigenvalue weighted by Gasteiger charge is -2.31. The first-order valence-electron chi connectivity index (χ1n) is 8.29. The molecule has 1 aromatic heterocycles. The SMILES string of the molecule is O=S(=O)(c1ccccc1)N1CCC(CNc2c(F)c(F)nc(F)c2F)CC1. The van der Waals surface area contributed by atoms with Gasteiger partial charge in [0.05, 0.1) is 4.90 Å². The molecule has 1 saturated heterocycles. The van der Waals surface area contributed by atoms with Gasteiger partial charge in [-0.1, -0.05) is 18.2 Å². The number of sulfonamides is 1. The van der Waals surface area contributed by atoms with Crippen LogP contribution in [-0.4, -0.2) is 37.3 Å². The van der Waals surface area contributed by atoms with Crippen molar-refractivity contribution in [1.29, 1.82) is 0 Å². The van der Waals surface area contributed by atoms with E-state index in [2.05, 4.69) is 10.3 Å². The van der Waals surface area contributed by atoms with Crippen LogP contribution in [0.2, 0.25) is 0 Å². The van der Waals surface area contributed by atoms with Gasteiger partial charge in [-0.25, -0.2) is 8.42 Å². The molecule has 0 bridgehead atoms. The Labute approximate surface area is 154 Å². The Morgan fingerprint density at radius 2 is 1.56 bits per heavy atom. The number of nitrogens with one attached hydrogen (secondary N) is 1. The molecule has 146 valence electrons. The average molecular weight is 403 g/mol. The summed E-state index contributed by atoms with van der Waals surface area (Å²) in [5.41, 5.74) is -0.903. The smallest absolute Gasteiger partial charge is 0.253 e. The predicted molar refractivity (Wildman–Crippen MR) is 90.5 cm³/mol. The van der Waals surface area contributed by atoms with Crippen LogP contribution in [0.4, 0.5) is 23.2 Å². The Kier molecular flexibility index (Phi) is 5.66. The molecule has 10 heteroatoms. The molecule has 0 saturated carbocycles. The van der Waals surface area contributed by atoms with Crippen LogP contribution in [0.1, 0.15) is 12.8 Å². The van der Waals surface area contributed by atoms with Gasteiger partial charge in [-0.15, -0.1) is 0 Å². The minimum Gasteiger partial charge on any atom is -0.380 e. The molecule has 1 fully saturated rings. The molecule has 27 heavy (non-hydrogen) atoms. The molecule has 0 radical (unpaired) electrons. The average Bonchev–Trinajstić information content (AvgIpc) is 2.67. The first-order valence-corrected chi connectivity index (χ1v) is 9.73. The van der Waals surface area contributed by atoms with Crippen molar-refractivity contribution < 1.29 is 26.0 Å². The van der Waals surface area contributed by atoms with E-state index in [1.54, 1.807) is 18.2 Å². The fourth-order valence-corrected chi connectivity index (χ4v) is 4.47. The fourth-order valence-electron chi connectivity index (χ4n) is 2.98.